The lowest BCUT2D eigenvalue weighted by atomic mass is 9.99. The molecule has 1 unspecified atom stereocenters. The molecule has 0 radical (unpaired) electrons. The van der Waals surface area contributed by atoms with E-state index in [4.69, 9.17) is 10.5 Å². The standard InChI is InChI=1S/C11H20N2O3/c1-6-11(5,12)7-8(14)13-9(15)16-10(2,3)4/h6H,1,7,12H2,2-5H3,(H,13,14,15). The molecule has 0 aromatic carbocycles. The molecule has 0 saturated heterocycles. The average molecular weight is 228 g/mol. The van der Waals surface area contributed by atoms with Gasteiger partial charge in [-0.25, -0.2) is 4.79 Å². The van der Waals surface area contributed by atoms with Gasteiger partial charge in [-0.05, 0) is 27.7 Å². The Morgan fingerprint density at radius 2 is 1.88 bits per heavy atom. The fraction of sp³-hybridized carbons (Fsp3) is 0.636. The van der Waals surface area contributed by atoms with Crippen LogP contribution >= 0.6 is 0 Å². The van der Waals surface area contributed by atoms with E-state index in [0.717, 1.165) is 0 Å². The quantitative estimate of drug-likeness (QED) is 0.714. The monoisotopic (exact) mass is 228 g/mol. The van der Waals surface area contributed by atoms with Crippen LogP contribution in [0.4, 0.5) is 4.79 Å². The lowest BCUT2D eigenvalue weighted by Gasteiger charge is -2.21. The fourth-order valence-electron chi connectivity index (χ4n) is 0.880. The Labute approximate surface area is 96.0 Å². The Hall–Kier alpha value is -1.36. The van der Waals surface area contributed by atoms with Gasteiger partial charge in [-0.3, -0.25) is 10.1 Å². The van der Waals surface area contributed by atoms with Crippen molar-refractivity contribution >= 4 is 12.0 Å². The predicted octanol–water partition coefficient (Wildman–Crippen LogP) is 1.33. The van der Waals surface area contributed by atoms with Crippen molar-refractivity contribution in [3.05, 3.63) is 12.7 Å². The molecule has 0 saturated carbocycles. The van der Waals surface area contributed by atoms with Crippen LogP contribution in [0.15, 0.2) is 12.7 Å². The summed E-state index contributed by atoms with van der Waals surface area (Å²) in [7, 11) is 0. The number of amides is 2. The SMILES string of the molecule is C=CC(C)(N)CC(=O)NC(=O)OC(C)(C)C. The van der Waals surface area contributed by atoms with E-state index in [2.05, 4.69) is 11.9 Å². The number of carbonyl (C=O) groups is 2. The topological polar surface area (TPSA) is 81.4 Å². The zero-order valence-corrected chi connectivity index (χ0v) is 10.3. The van der Waals surface area contributed by atoms with Crippen LogP contribution in [0.3, 0.4) is 0 Å². The molecule has 0 aromatic heterocycles. The molecule has 0 aliphatic rings. The second-order valence-electron chi connectivity index (χ2n) is 4.94. The molecule has 5 nitrogen and oxygen atoms in total. The summed E-state index contributed by atoms with van der Waals surface area (Å²) in [4.78, 5) is 22.6. The van der Waals surface area contributed by atoms with Gasteiger partial charge in [0.1, 0.15) is 5.60 Å². The third-order valence-corrected chi connectivity index (χ3v) is 1.65. The van der Waals surface area contributed by atoms with Crippen LogP contribution in [0.5, 0.6) is 0 Å². The highest BCUT2D eigenvalue weighted by molar-refractivity contribution is 5.92. The molecule has 0 fully saturated rings. The molecule has 0 spiro atoms. The highest BCUT2D eigenvalue weighted by Gasteiger charge is 2.22. The Morgan fingerprint density at radius 3 is 2.25 bits per heavy atom. The highest BCUT2D eigenvalue weighted by Crippen LogP contribution is 2.08. The number of alkyl carbamates (subject to hydrolysis) is 1. The van der Waals surface area contributed by atoms with Crippen molar-refractivity contribution in [3.8, 4) is 0 Å². The van der Waals surface area contributed by atoms with E-state index >= 15 is 0 Å². The van der Waals surface area contributed by atoms with Crippen LogP contribution in [0, 0.1) is 0 Å². The van der Waals surface area contributed by atoms with Gasteiger partial charge < -0.3 is 10.5 Å². The fourth-order valence-corrected chi connectivity index (χ4v) is 0.880. The lowest BCUT2D eigenvalue weighted by Crippen LogP contribution is -2.43. The van der Waals surface area contributed by atoms with Crippen molar-refractivity contribution in [1.82, 2.24) is 5.32 Å². The largest absolute Gasteiger partial charge is 0.444 e. The normalized spacial score (nSPS) is 14.8. The van der Waals surface area contributed by atoms with Crippen molar-refractivity contribution in [2.24, 2.45) is 5.73 Å². The zero-order valence-electron chi connectivity index (χ0n) is 10.3. The van der Waals surface area contributed by atoms with Gasteiger partial charge in [0.05, 0.1) is 0 Å². The Bertz CT molecular complexity index is 290. The molecule has 0 aromatic rings. The summed E-state index contributed by atoms with van der Waals surface area (Å²) in [6, 6.07) is 0. The number of rotatable bonds is 3. The summed E-state index contributed by atoms with van der Waals surface area (Å²) in [5, 5.41) is 2.10. The van der Waals surface area contributed by atoms with Crippen LogP contribution in [0.25, 0.3) is 0 Å². The molecule has 0 rings (SSSR count). The third kappa shape index (κ3) is 7.00. The zero-order chi connectivity index (χ0) is 13.0. The maximum atomic E-state index is 11.4. The molecule has 0 aliphatic carbocycles. The first kappa shape index (κ1) is 14.6. The van der Waals surface area contributed by atoms with E-state index < -0.39 is 23.1 Å². The Morgan fingerprint density at radius 1 is 1.38 bits per heavy atom. The molecular weight excluding hydrogens is 208 g/mol. The number of nitrogens with one attached hydrogen (secondary N) is 1. The molecule has 0 bridgehead atoms. The first-order valence-corrected chi connectivity index (χ1v) is 5.01. The first-order valence-electron chi connectivity index (χ1n) is 5.01. The maximum absolute atomic E-state index is 11.4. The van der Waals surface area contributed by atoms with Crippen molar-refractivity contribution in [2.75, 3.05) is 0 Å². The summed E-state index contributed by atoms with van der Waals surface area (Å²) in [6.45, 7) is 10.3. The molecule has 0 heterocycles. The van der Waals surface area contributed by atoms with E-state index in [1.807, 2.05) is 0 Å². The summed E-state index contributed by atoms with van der Waals surface area (Å²) in [6.07, 6.45) is 0.676. The number of hydrogen-bond acceptors (Lipinski definition) is 4. The minimum absolute atomic E-state index is 0.0181. The number of ether oxygens (including phenoxy) is 1. The predicted molar refractivity (Wildman–Crippen MR) is 61.8 cm³/mol. The van der Waals surface area contributed by atoms with E-state index in [-0.39, 0.29) is 6.42 Å². The third-order valence-electron chi connectivity index (χ3n) is 1.65. The van der Waals surface area contributed by atoms with Crippen LogP contribution in [0.1, 0.15) is 34.1 Å². The highest BCUT2D eigenvalue weighted by atomic mass is 16.6. The molecule has 3 N–H and O–H groups in total. The second-order valence-corrected chi connectivity index (χ2v) is 4.94. The van der Waals surface area contributed by atoms with E-state index in [1.54, 1.807) is 27.7 Å². The van der Waals surface area contributed by atoms with Gasteiger partial charge in [0, 0.05) is 12.0 Å². The molecule has 16 heavy (non-hydrogen) atoms. The number of imide groups is 1. The smallest absolute Gasteiger partial charge is 0.414 e. The van der Waals surface area contributed by atoms with Crippen LogP contribution in [-0.4, -0.2) is 23.1 Å². The minimum atomic E-state index is -0.827. The summed E-state index contributed by atoms with van der Waals surface area (Å²) < 4.78 is 4.92. The number of nitrogens with two attached hydrogens (primary N) is 1. The van der Waals surface area contributed by atoms with Crippen LogP contribution < -0.4 is 11.1 Å². The Kier molecular flexibility index (Phi) is 4.68. The minimum Gasteiger partial charge on any atom is -0.444 e. The van der Waals surface area contributed by atoms with E-state index in [1.165, 1.54) is 6.08 Å². The van der Waals surface area contributed by atoms with E-state index in [0.29, 0.717) is 0 Å². The summed E-state index contributed by atoms with van der Waals surface area (Å²) in [5.74, 6) is -0.487. The van der Waals surface area contributed by atoms with Gasteiger partial charge in [0.15, 0.2) is 0 Å². The van der Waals surface area contributed by atoms with Gasteiger partial charge in [-0.1, -0.05) is 6.08 Å². The van der Waals surface area contributed by atoms with Crippen LogP contribution in [-0.2, 0) is 9.53 Å². The number of carbonyl (C=O) groups excluding carboxylic acids is 2. The molecule has 2 amide bonds. The van der Waals surface area contributed by atoms with Crippen molar-refractivity contribution in [2.45, 2.75) is 45.3 Å². The maximum Gasteiger partial charge on any atom is 0.414 e. The lowest BCUT2D eigenvalue weighted by molar-refractivity contribution is -0.121. The van der Waals surface area contributed by atoms with Crippen molar-refractivity contribution in [3.63, 3.8) is 0 Å². The van der Waals surface area contributed by atoms with Crippen molar-refractivity contribution < 1.29 is 14.3 Å². The molecular formula is C11H20N2O3. The molecule has 0 aliphatic heterocycles. The first-order chi connectivity index (χ1) is 7.06. The van der Waals surface area contributed by atoms with Gasteiger partial charge in [0.25, 0.3) is 0 Å². The van der Waals surface area contributed by atoms with Gasteiger partial charge in [-0.2, -0.15) is 0 Å². The molecule has 92 valence electrons. The van der Waals surface area contributed by atoms with Gasteiger partial charge >= 0.3 is 6.09 Å². The molecule has 5 heteroatoms. The number of hydrogen-bond donors (Lipinski definition) is 2. The second kappa shape index (κ2) is 5.12. The summed E-state index contributed by atoms with van der Waals surface area (Å²) >= 11 is 0. The van der Waals surface area contributed by atoms with Gasteiger partial charge in [-0.15, -0.1) is 6.58 Å². The van der Waals surface area contributed by atoms with Gasteiger partial charge in [0.2, 0.25) is 5.91 Å². The Balaban J connectivity index is 4.17. The average Bonchev–Trinajstić information content (AvgIpc) is 1.98. The van der Waals surface area contributed by atoms with Crippen LogP contribution in [0.2, 0.25) is 0 Å². The molecule has 1 atom stereocenters. The summed E-state index contributed by atoms with van der Waals surface area (Å²) in [5.41, 5.74) is 4.23. The van der Waals surface area contributed by atoms with E-state index in [9.17, 15) is 9.59 Å². The van der Waals surface area contributed by atoms with Crippen molar-refractivity contribution in [1.29, 1.82) is 0 Å².